The minimum Gasteiger partial charge on any atom is -0.467 e. The molecule has 0 aliphatic heterocycles. The van der Waals surface area contributed by atoms with E-state index in [9.17, 15) is 14.0 Å². The first-order valence-electron chi connectivity index (χ1n) is 6.10. The summed E-state index contributed by atoms with van der Waals surface area (Å²) in [5.41, 5.74) is -0.137. The molecule has 1 aromatic rings. The van der Waals surface area contributed by atoms with Crippen LogP contribution in [0.1, 0.15) is 29.6 Å². The van der Waals surface area contributed by atoms with Crippen molar-refractivity contribution in [3.8, 4) is 6.07 Å². The van der Waals surface area contributed by atoms with Gasteiger partial charge in [-0.15, -0.1) is 0 Å². The average molecular weight is 278 g/mol. The zero-order valence-electron chi connectivity index (χ0n) is 11.1. The largest absolute Gasteiger partial charge is 0.467 e. The van der Waals surface area contributed by atoms with Crippen LogP contribution in [-0.2, 0) is 9.53 Å². The number of hydrogen-bond donors (Lipinski definition) is 1. The summed E-state index contributed by atoms with van der Waals surface area (Å²) in [4.78, 5) is 23.4. The molecule has 0 unspecified atom stereocenters. The van der Waals surface area contributed by atoms with Crippen LogP contribution in [0.2, 0.25) is 0 Å². The fourth-order valence-corrected chi connectivity index (χ4v) is 1.66. The molecule has 106 valence electrons. The summed E-state index contributed by atoms with van der Waals surface area (Å²) in [5.74, 6) is -1.96. The Labute approximate surface area is 116 Å². The fourth-order valence-electron chi connectivity index (χ4n) is 1.66. The molecule has 1 aromatic carbocycles. The molecule has 1 amide bonds. The Hall–Kier alpha value is -2.42. The first-order chi connectivity index (χ1) is 9.60. The van der Waals surface area contributed by atoms with E-state index in [0.717, 1.165) is 6.07 Å². The van der Waals surface area contributed by atoms with Gasteiger partial charge in [0.1, 0.15) is 11.9 Å². The summed E-state index contributed by atoms with van der Waals surface area (Å²) >= 11 is 0. The van der Waals surface area contributed by atoms with E-state index in [1.807, 2.05) is 6.07 Å². The van der Waals surface area contributed by atoms with Gasteiger partial charge in [-0.1, -0.05) is 12.1 Å². The first-order valence-corrected chi connectivity index (χ1v) is 6.10. The highest BCUT2D eigenvalue weighted by Crippen LogP contribution is 2.08. The van der Waals surface area contributed by atoms with Crippen LogP contribution in [0.4, 0.5) is 4.39 Å². The molecule has 5 nitrogen and oxygen atoms in total. The Kier molecular flexibility index (Phi) is 6.17. The number of esters is 1. The van der Waals surface area contributed by atoms with Crippen molar-refractivity contribution in [1.82, 2.24) is 5.32 Å². The van der Waals surface area contributed by atoms with Crippen LogP contribution < -0.4 is 5.32 Å². The van der Waals surface area contributed by atoms with Crippen molar-refractivity contribution in [2.75, 3.05) is 7.11 Å². The third-order valence-electron chi connectivity index (χ3n) is 2.69. The van der Waals surface area contributed by atoms with Gasteiger partial charge in [0.05, 0.1) is 18.7 Å². The van der Waals surface area contributed by atoms with Crippen LogP contribution in [-0.4, -0.2) is 25.0 Å². The third kappa shape index (κ3) is 4.35. The van der Waals surface area contributed by atoms with E-state index >= 15 is 0 Å². The highest BCUT2D eigenvalue weighted by atomic mass is 19.1. The van der Waals surface area contributed by atoms with Crippen molar-refractivity contribution >= 4 is 11.9 Å². The zero-order chi connectivity index (χ0) is 15.0. The van der Waals surface area contributed by atoms with Crippen LogP contribution in [0.15, 0.2) is 24.3 Å². The number of nitrogens with one attached hydrogen (secondary N) is 1. The third-order valence-corrected chi connectivity index (χ3v) is 2.69. The average Bonchev–Trinajstić information content (AvgIpc) is 2.45. The van der Waals surface area contributed by atoms with E-state index in [4.69, 9.17) is 5.26 Å². The molecule has 0 spiro atoms. The van der Waals surface area contributed by atoms with Crippen molar-refractivity contribution in [3.05, 3.63) is 35.6 Å². The number of nitriles is 1. The molecular formula is C14H15FN2O3. The van der Waals surface area contributed by atoms with Gasteiger partial charge in [0.25, 0.3) is 5.91 Å². The summed E-state index contributed by atoms with van der Waals surface area (Å²) in [7, 11) is 1.20. The van der Waals surface area contributed by atoms with Crippen molar-refractivity contribution in [2.24, 2.45) is 0 Å². The maximum absolute atomic E-state index is 13.5. The number of methoxy groups -OCH3 is 1. The molecule has 1 N–H and O–H groups in total. The number of hydrogen-bond acceptors (Lipinski definition) is 4. The monoisotopic (exact) mass is 278 g/mol. The topological polar surface area (TPSA) is 79.2 Å². The number of unbranched alkanes of at least 4 members (excludes halogenated alkanes) is 1. The lowest BCUT2D eigenvalue weighted by Crippen LogP contribution is -2.41. The van der Waals surface area contributed by atoms with Gasteiger partial charge in [-0.25, -0.2) is 9.18 Å². The Balaban J connectivity index is 2.74. The lowest BCUT2D eigenvalue weighted by molar-refractivity contribution is -0.143. The number of nitrogens with zero attached hydrogens (tertiary/aromatic N) is 1. The molecule has 0 saturated heterocycles. The van der Waals surface area contributed by atoms with Crippen LogP contribution >= 0.6 is 0 Å². The molecule has 0 aromatic heterocycles. The van der Waals surface area contributed by atoms with Crippen molar-refractivity contribution in [1.29, 1.82) is 5.26 Å². The second-order valence-electron chi connectivity index (χ2n) is 4.08. The molecule has 0 aliphatic carbocycles. The number of rotatable bonds is 6. The smallest absolute Gasteiger partial charge is 0.328 e. The molecule has 0 bridgehead atoms. The maximum Gasteiger partial charge on any atom is 0.328 e. The van der Waals surface area contributed by atoms with Crippen LogP contribution in [0, 0.1) is 17.1 Å². The van der Waals surface area contributed by atoms with E-state index in [0.29, 0.717) is 6.42 Å². The van der Waals surface area contributed by atoms with Gasteiger partial charge in [-0.05, 0) is 25.0 Å². The second-order valence-corrected chi connectivity index (χ2v) is 4.08. The van der Waals surface area contributed by atoms with Crippen LogP contribution in [0.3, 0.4) is 0 Å². The maximum atomic E-state index is 13.5. The van der Waals surface area contributed by atoms with Crippen LogP contribution in [0.25, 0.3) is 0 Å². The first kappa shape index (κ1) is 15.6. The van der Waals surface area contributed by atoms with E-state index in [1.54, 1.807) is 0 Å². The number of ether oxygens (including phenoxy) is 1. The summed E-state index contributed by atoms with van der Waals surface area (Å²) in [6.07, 6.45) is 0.970. The standard InChI is InChI=1S/C14H15FN2O3/c1-20-14(19)12(8-4-5-9-16)17-13(18)10-6-2-3-7-11(10)15/h2-3,6-7,12H,4-5,8H2,1H3,(H,17,18)/t12-/m1/s1. The lowest BCUT2D eigenvalue weighted by Gasteiger charge is -2.16. The number of carbonyl (C=O) groups excluding carboxylic acids is 2. The fraction of sp³-hybridized carbons (Fsp3) is 0.357. The van der Waals surface area contributed by atoms with Crippen molar-refractivity contribution < 1.29 is 18.7 Å². The molecule has 0 saturated carbocycles. The molecule has 6 heteroatoms. The van der Waals surface area contributed by atoms with E-state index in [2.05, 4.69) is 10.1 Å². The molecule has 0 fully saturated rings. The van der Waals surface area contributed by atoms with Gasteiger partial charge in [0.15, 0.2) is 0 Å². The van der Waals surface area contributed by atoms with E-state index < -0.39 is 23.7 Å². The van der Waals surface area contributed by atoms with Crippen molar-refractivity contribution in [2.45, 2.75) is 25.3 Å². The molecule has 1 rings (SSSR count). The van der Waals surface area contributed by atoms with Gasteiger partial charge in [0, 0.05) is 6.42 Å². The Morgan fingerprint density at radius 2 is 2.15 bits per heavy atom. The van der Waals surface area contributed by atoms with Crippen molar-refractivity contribution in [3.63, 3.8) is 0 Å². The van der Waals surface area contributed by atoms with Gasteiger partial charge >= 0.3 is 5.97 Å². The number of amides is 1. The van der Waals surface area contributed by atoms with Gasteiger partial charge < -0.3 is 10.1 Å². The second kappa shape index (κ2) is 7.89. The highest BCUT2D eigenvalue weighted by Gasteiger charge is 2.22. The molecule has 20 heavy (non-hydrogen) atoms. The van der Waals surface area contributed by atoms with Gasteiger partial charge in [-0.2, -0.15) is 5.26 Å². The highest BCUT2D eigenvalue weighted by molar-refractivity contribution is 5.96. The Morgan fingerprint density at radius 3 is 2.75 bits per heavy atom. The molecule has 0 heterocycles. The SMILES string of the molecule is COC(=O)[C@@H](CCCC#N)NC(=O)c1ccccc1F. The van der Waals surface area contributed by atoms with Gasteiger partial charge in [0.2, 0.25) is 0 Å². The number of halogens is 1. The zero-order valence-corrected chi connectivity index (χ0v) is 11.1. The Morgan fingerprint density at radius 1 is 1.45 bits per heavy atom. The minimum atomic E-state index is -0.888. The Bertz CT molecular complexity index is 525. The molecular weight excluding hydrogens is 263 g/mol. The van der Waals surface area contributed by atoms with E-state index in [-0.39, 0.29) is 18.4 Å². The normalized spacial score (nSPS) is 11.2. The molecule has 0 aliphatic rings. The van der Waals surface area contributed by atoms with Gasteiger partial charge in [-0.3, -0.25) is 4.79 Å². The summed E-state index contributed by atoms with van der Waals surface area (Å²) in [5, 5.41) is 10.9. The lowest BCUT2D eigenvalue weighted by atomic mass is 10.1. The van der Waals surface area contributed by atoms with E-state index in [1.165, 1.54) is 25.3 Å². The molecule has 1 atom stereocenters. The number of benzene rings is 1. The quantitative estimate of drug-likeness (QED) is 0.635. The predicted molar refractivity (Wildman–Crippen MR) is 69.1 cm³/mol. The minimum absolute atomic E-state index is 0.137. The summed E-state index contributed by atoms with van der Waals surface area (Å²) in [6, 6.07) is 6.55. The summed E-state index contributed by atoms with van der Waals surface area (Å²) < 4.78 is 18.0. The predicted octanol–water partition coefficient (Wildman–Crippen LogP) is 1.79. The number of carbonyl (C=O) groups is 2. The summed E-state index contributed by atoms with van der Waals surface area (Å²) in [6.45, 7) is 0. The molecule has 0 radical (unpaired) electrons. The van der Waals surface area contributed by atoms with Crippen LogP contribution in [0.5, 0.6) is 0 Å².